The number of carbonyl (C=O) groups is 2. The molecular weight excluding hydrogens is 592 g/mol. The Labute approximate surface area is 267 Å². The molecule has 5 rings (SSSR count). The summed E-state index contributed by atoms with van der Waals surface area (Å²) in [6.07, 6.45) is 2.60. The summed E-state index contributed by atoms with van der Waals surface area (Å²) in [5, 5.41) is 12.5. The number of amides is 2. The van der Waals surface area contributed by atoms with E-state index in [2.05, 4.69) is 54.7 Å². The van der Waals surface area contributed by atoms with Crippen LogP contribution >= 0.6 is 11.6 Å². The van der Waals surface area contributed by atoms with Crippen molar-refractivity contribution in [3.63, 3.8) is 0 Å². The van der Waals surface area contributed by atoms with Crippen molar-refractivity contribution in [1.29, 1.82) is 0 Å². The fraction of sp³-hybridized carbons (Fsp3) is 0.212. The molecule has 0 unspecified atom stereocenters. The quantitative estimate of drug-likeness (QED) is 0.155. The van der Waals surface area contributed by atoms with Crippen LogP contribution < -0.4 is 30.9 Å². The topological polar surface area (TPSA) is 124 Å². The average molecular weight is 627 g/mol. The van der Waals surface area contributed by atoms with E-state index in [1.807, 2.05) is 37.3 Å². The van der Waals surface area contributed by atoms with E-state index in [9.17, 15) is 9.59 Å². The van der Waals surface area contributed by atoms with Crippen LogP contribution in [0.4, 0.5) is 40.2 Å². The van der Waals surface area contributed by atoms with Crippen molar-refractivity contribution in [2.45, 2.75) is 6.92 Å². The van der Waals surface area contributed by atoms with Gasteiger partial charge in [-0.3, -0.25) is 9.59 Å². The number of ether oxygens (including phenoxy) is 1. The summed E-state index contributed by atoms with van der Waals surface area (Å²) in [6.45, 7) is 9.21. The van der Waals surface area contributed by atoms with Crippen LogP contribution in [0.2, 0.25) is 5.02 Å². The number of aromatic nitrogens is 2. The van der Waals surface area contributed by atoms with E-state index in [1.165, 1.54) is 12.3 Å². The van der Waals surface area contributed by atoms with Gasteiger partial charge in [0.1, 0.15) is 17.1 Å². The molecule has 11 nitrogen and oxygen atoms in total. The zero-order valence-electron chi connectivity index (χ0n) is 25.4. The summed E-state index contributed by atoms with van der Waals surface area (Å²) < 4.78 is 5.71. The van der Waals surface area contributed by atoms with E-state index in [-0.39, 0.29) is 23.2 Å². The number of nitrogens with one attached hydrogen (secondary N) is 4. The molecule has 1 fully saturated rings. The van der Waals surface area contributed by atoms with Gasteiger partial charge in [-0.2, -0.15) is 4.98 Å². The Hall–Kier alpha value is -5.13. The molecular formula is C33H35ClN8O3. The minimum Gasteiger partial charge on any atom is -0.494 e. The fourth-order valence-corrected chi connectivity index (χ4v) is 5.12. The predicted octanol–water partition coefficient (Wildman–Crippen LogP) is 6.06. The lowest BCUT2D eigenvalue weighted by Gasteiger charge is -2.34. The molecule has 1 aliphatic rings. The Morgan fingerprint density at radius 3 is 2.42 bits per heavy atom. The molecule has 0 aliphatic carbocycles. The number of nitrogens with zero attached hydrogens (tertiary/aromatic N) is 4. The summed E-state index contributed by atoms with van der Waals surface area (Å²) in [4.78, 5) is 39.4. The number of anilines is 7. The fourth-order valence-electron chi connectivity index (χ4n) is 4.85. The first-order valence-electron chi connectivity index (χ1n) is 14.4. The van der Waals surface area contributed by atoms with Crippen LogP contribution in [0.3, 0.4) is 0 Å². The molecule has 4 aromatic rings. The van der Waals surface area contributed by atoms with Gasteiger partial charge in [0, 0.05) is 44.1 Å². The van der Waals surface area contributed by atoms with Gasteiger partial charge in [0.25, 0.3) is 5.91 Å². The minimum atomic E-state index is -0.470. The number of hydrogen-bond acceptors (Lipinski definition) is 9. The highest BCUT2D eigenvalue weighted by Gasteiger charge is 2.20. The summed E-state index contributed by atoms with van der Waals surface area (Å²) in [6, 6.07) is 18.4. The van der Waals surface area contributed by atoms with Crippen LogP contribution in [0.15, 0.2) is 79.5 Å². The maximum atomic E-state index is 13.6. The minimum absolute atomic E-state index is 0.155. The number of likely N-dealkylation sites (N-methyl/N-ethyl adjacent to an activating group) is 1. The second-order valence-corrected chi connectivity index (χ2v) is 10.9. The molecule has 0 atom stereocenters. The lowest BCUT2D eigenvalue weighted by atomic mass is 10.2. The number of methoxy groups -OCH3 is 1. The van der Waals surface area contributed by atoms with Gasteiger partial charge < -0.3 is 35.8 Å². The lowest BCUT2D eigenvalue weighted by molar-refractivity contribution is -0.111. The van der Waals surface area contributed by atoms with Crippen molar-refractivity contribution in [2.24, 2.45) is 0 Å². The highest BCUT2D eigenvalue weighted by Crippen LogP contribution is 2.33. The van der Waals surface area contributed by atoms with Crippen LogP contribution in [0.25, 0.3) is 0 Å². The van der Waals surface area contributed by atoms with Crippen LogP contribution in [0.5, 0.6) is 5.75 Å². The van der Waals surface area contributed by atoms with Crippen LogP contribution in [0, 0.1) is 6.92 Å². The van der Waals surface area contributed by atoms with E-state index in [1.54, 1.807) is 37.4 Å². The molecule has 2 heterocycles. The number of benzene rings is 3. The van der Waals surface area contributed by atoms with Gasteiger partial charge in [-0.25, -0.2) is 4.98 Å². The Bertz CT molecular complexity index is 1700. The van der Waals surface area contributed by atoms with Crippen molar-refractivity contribution in [2.75, 3.05) is 66.5 Å². The van der Waals surface area contributed by atoms with E-state index >= 15 is 0 Å². The zero-order chi connectivity index (χ0) is 31.9. The second-order valence-electron chi connectivity index (χ2n) is 10.5. The van der Waals surface area contributed by atoms with Gasteiger partial charge in [0.05, 0.1) is 34.9 Å². The number of piperazine rings is 1. The Kier molecular flexibility index (Phi) is 9.81. The van der Waals surface area contributed by atoms with E-state index in [0.29, 0.717) is 33.5 Å². The summed E-state index contributed by atoms with van der Waals surface area (Å²) in [5.41, 5.74) is 4.15. The second kappa shape index (κ2) is 14.1. The molecule has 4 N–H and O–H groups in total. The maximum absolute atomic E-state index is 13.6. The number of carbonyl (C=O) groups excluding carboxylic acids is 2. The first kappa shape index (κ1) is 31.3. The van der Waals surface area contributed by atoms with Crippen molar-refractivity contribution < 1.29 is 14.3 Å². The van der Waals surface area contributed by atoms with Gasteiger partial charge in [-0.1, -0.05) is 42.4 Å². The lowest BCUT2D eigenvalue weighted by Crippen LogP contribution is -2.44. The van der Waals surface area contributed by atoms with Crippen LogP contribution in [-0.4, -0.2) is 67.0 Å². The van der Waals surface area contributed by atoms with E-state index in [4.69, 9.17) is 16.3 Å². The smallest absolute Gasteiger partial charge is 0.261 e. The molecule has 2 amide bonds. The number of para-hydroxylation sites is 3. The number of halogens is 1. The SMILES string of the molecule is C=CC(=O)Nc1ccccc1Nc1nc(Nc2ccc(N3CCN(C)CC3)cc2OC)ncc1C(=O)Nc1c(C)cccc1Cl. The van der Waals surface area contributed by atoms with Crippen LogP contribution in [0.1, 0.15) is 15.9 Å². The molecule has 45 heavy (non-hydrogen) atoms. The van der Waals surface area contributed by atoms with Gasteiger partial charge in [0.15, 0.2) is 0 Å². The number of hydrogen-bond donors (Lipinski definition) is 4. The largest absolute Gasteiger partial charge is 0.494 e. The van der Waals surface area contributed by atoms with Crippen molar-refractivity contribution in [3.8, 4) is 5.75 Å². The number of aryl methyl sites for hydroxylation is 1. The highest BCUT2D eigenvalue weighted by molar-refractivity contribution is 6.34. The molecule has 1 aromatic heterocycles. The Morgan fingerprint density at radius 1 is 0.956 bits per heavy atom. The van der Waals surface area contributed by atoms with Crippen LogP contribution in [-0.2, 0) is 4.79 Å². The summed E-state index contributed by atoms with van der Waals surface area (Å²) >= 11 is 6.39. The first-order valence-corrected chi connectivity index (χ1v) is 14.7. The first-order chi connectivity index (χ1) is 21.7. The van der Waals surface area contributed by atoms with Gasteiger partial charge in [-0.05, 0) is 55.9 Å². The van der Waals surface area contributed by atoms with Crippen molar-refractivity contribution in [1.82, 2.24) is 14.9 Å². The molecule has 0 saturated carbocycles. The highest BCUT2D eigenvalue weighted by atomic mass is 35.5. The maximum Gasteiger partial charge on any atom is 0.261 e. The van der Waals surface area contributed by atoms with Gasteiger partial charge >= 0.3 is 0 Å². The third-order valence-electron chi connectivity index (χ3n) is 7.42. The molecule has 0 spiro atoms. The Morgan fingerprint density at radius 2 is 1.71 bits per heavy atom. The molecule has 0 radical (unpaired) electrons. The Balaban J connectivity index is 1.48. The predicted molar refractivity (Wildman–Crippen MR) is 181 cm³/mol. The van der Waals surface area contributed by atoms with E-state index in [0.717, 1.165) is 37.4 Å². The molecule has 3 aromatic carbocycles. The zero-order valence-corrected chi connectivity index (χ0v) is 26.1. The normalized spacial score (nSPS) is 13.1. The van der Waals surface area contributed by atoms with Gasteiger partial charge in [-0.15, -0.1) is 0 Å². The molecule has 232 valence electrons. The standard InChI is InChI=1S/C33H35ClN8O3/c1-5-29(43)36-25-11-6-7-12-26(25)37-31-23(32(44)39-30-21(2)9-8-10-24(30)34)20-35-33(40-31)38-27-14-13-22(19-28(27)45-4)42-17-15-41(3)16-18-42/h5-14,19-20H,1,15-18H2,2-4H3,(H,36,43)(H,39,44)(H2,35,37,38,40). The van der Waals surface area contributed by atoms with Crippen molar-refractivity contribution in [3.05, 3.63) is 95.7 Å². The third-order valence-corrected chi connectivity index (χ3v) is 7.73. The van der Waals surface area contributed by atoms with Gasteiger partial charge in [0.2, 0.25) is 11.9 Å². The molecule has 1 saturated heterocycles. The molecule has 1 aliphatic heterocycles. The summed E-state index contributed by atoms with van der Waals surface area (Å²) in [7, 11) is 3.73. The molecule has 12 heteroatoms. The van der Waals surface area contributed by atoms with E-state index < -0.39 is 5.91 Å². The van der Waals surface area contributed by atoms with Crippen molar-refractivity contribution >= 4 is 63.6 Å². The third kappa shape index (κ3) is 7.51. The molecule has 0 bridgehead atoms. The number of rotatable bonds is 10. The monoisotopic (exact) mass is 626 g/mol. The summed E-state index contributed by atoms with van der Waals surface area (Å²) in [5.74, 6) is 0.192. The average Bonchev–Trinajstić information content (AvgIpc) is 3.04.